The lowest BCUT2D eigenvalue weighted by Gasteiger charge is -2.31. The van der Waals surface area contributed by atoms with E-state index < -0.39 is 42.0 Å². The van der Waals surface area contributed by atoms with E-state index in [4.69, 9.17) is 4.74 Å². The van der Waals surface area contributed by atoms with Gasteiger partial charge >= 0.3 is 5.97 Å². The fourth-order valence-corrected chi connectivity index (χ4v) is 6.87. The third-order valence-corrected chi connectivity index (χ3v) is 9.35. The highest BCUT2D eigenvalue weighted by atomic mass is 79.9. The number of phenols is 1. The number of nitrogens with one attached hydrogen (secondary N) is 3. The molecule has 0 fully saturated rings. The molecule has 1 aromatic heterocycles. The Morgan fingerprint density at radius 1 is 0.957 bits per heavy atom. The zero-order valence-corrected chi connectivity index (χ0v) is 29.4. The second-order valence-electron chi connectivity index (χ2n) is 12.9. The molecule has 11 heteroatoms. The molecule has 254 valence electrons. The smallest absolute Gasteiger partial charge is 0.308 e. The first-order chi connectivity index (χ1) is 22.2. The topological polar surface area (TPSA) is 141 Å². The fraction of sp³-hybridized carbons (Fsp3) is 0.444. The number of hydrogen-bond donors (Lipinski definition) is 4. The molecule has 0 radical (unpaired) electrons. The minimum absolute atomic E-state index is 0. The van der Waals surface area contributed by atoms with Crippen molar-refractivity contribution in [3.63, 3.8) is 0 Å². The van der Waals surface area contributed by atoms with Crippen LogP contribution in [0.15, 0.2) is 64.8 Å². The van der Waals surface area contributed by atoms with E-state index in [-0.39, 0.29) is 37.8 Å². The highest BCUT2D eigenvalue weighted by Gasteiger charge is 2.34. The minimum Gasteiger partial charge on any atom is -0.508 e. The summed E-state index contributed by atoms with van der Waals surface area (Å²) in [5, 5.41) is 16.7. The zero-order valence-electron chi connectivity index (χ0n) is 27.8. The maximum atomic E-state index is 14.3. The SMILES string of the molecule is C/C1=C\[C@H](C)C[C@H](C)OC(=O)C[C@H](c2ccc(O)cc2)NC(=O)[C@@H](Cc2c(Br)[nH]c3ccccc23)N(C)C(=O)[C@H](C)NC(=O)[C@@H](C)C1.[HH]. The van der Waals surface area contributed by atoms with E-state index in [1.165, 1.54) is 17.0 Å². The number of amides is 3. The van der Waals surface area contributed by atoms with Crippen molar-refractivity contribution < 1.29 is 30.4 Å². The molecule has 4 rings (SSSR count). The third kappa shape index (κ3) is 9.24. The summed E-state index contributed by atoms with van der Waals surface area (Å²) in [5.74, 6) is -1.93. The number of likely N-dealkylation sites (N-methyl/N-ethyl adjacent to an activating group) is 1. The Labute approximate surface area is 285 Å². The van der Waals surface area contributed by atoms with Crippen LogP contribution in [0.3, 0.4) is 0 Å². The fourth-order valence-electron chi connectivity index (χ4n) is 6.28. The normalized spacial score (nSPS) is 27.1. The van der Waals surface area contributed by atoms with Crippen LogP contribution < -0.4 is 10.6 Å². The number of phenolic OH excluding ortho intramolecular Hbond substituents is 1. The Kier molecular flexibility index (Phi) is 11.9. The molecule has 0 aliphatic carbocycles. The predicted molar refractivity (Wildman–Crippen MR) is 186 cm³/mol. The second kappa shape index (κ2) is 15.6. The Morgan fingerprint density at radius 3 is 2.34 bits per heavy atom. The summed E-state index contributed by atoms with van der Waals surface area (Å²) in [6.07, 6.45) is 2.76. The summed E-state index contributed by atoms with van der Waals surface area (Å²) in [6, 6.07) is 11.2. The van der Waals surface area contributed by atoms with E-state index in [1.54, 1.807) is 26.1 Å². The van der Waals surface area contributed by atoms with Crippen molar-refractivity contribution in [2.45, 2.75) is 84.5 Å². The van der Waals surface area contributed by atoms with Crippen LogP contribution in [0, 0.1) is 11.8 Å². The summed E-state index contributed by atoms with van der Waals surface area (Å²) >= 11 is 3.60. The van der Waals surface area contributed by atoms with Gasteiger partial charge in [0, 0.05) is 31.7 Å². The first-order valence-corrected chi connectivity index (χ1v) is 16.8. The molecule has 4 N–H and O–H groups in total. The van der Waals surface area contributed by atoms with Gasteiger partial charge in [-0.05, 0) is 84.8 Å². The molecule has 3 amide bonds. The van der Waals surface area contributed by atoms with Crippen LogP contribution in [0.25, 0.3) is 10.9 Å². The Morgan fingerprint density at radius 2 is 1.64 bits per heavy atom. The van der Waals surface area contributed by atoms with Gasteiger partial charge in [-0.25, -0.2) is 0 Å². The van der Waals surface area contributed by atoms with Crippen LogP contribution in [0.4, 0.5) is 0 Å². The summed E-state index contributed by atoms with van der Waals surface area (Å²) in [5.41, 5.74) is 3.29. The lowest BCUT2D eigenvalue weighted by atomic mass is 9.95. The van der Waals surface area contributed by atoms with Crippen LogP contribution >= 0.6 is 15.9 Å². The molecule has 0 bridgehead atoms. The Hall–Kier alpha value is -4.12. The minimum atomic E-state index is -1.02. The van der Waals surface area contributed by atoms with E-state index in [9.17, 15) is 24.3 Å². The molecule has 0 saturated heterocycles. The number of para-hydroxylation sites is 1. The summed E-state index contributed by atoms with van der Waals surface area (Å²) in [7, 11) is 1.55. The van der Waals surface area contributed by atoms with E-state index >= 15 is 0 Å². The standard InChI is InChI=1S/C36H45BrN4O6.H2/c1-20-15-21(2)17-23(4)47-32(43)19-30(25-11-13-26(42)14-12-25)40-35(45)31(18-28-27-9-7-8-10-29(27)39-33(28)37)41(6)36(46)24(5)38-34(44)22(3)16-20;/h7-15,21-24,30-31,39,42H,16-19H2,1-6H3,(H,38,44)(H,40,45);1H/b20-15+;/t21-,22-,23-,24-,30+,31+;/m0./s1. The number of benzene rings is 2. The monoisotopic (exact) mass is 710 g/mol. The van der Waals surface area contributed by atoms with Crippen molar-refractivity contribution in [1.29, 1.82) is 0 Å². The molecule has 1 aliphatic rings. The number of aromatic amines is 1. The number of esters is 1. The Bertz CT molecular complexity index is 1640. The molecular weight excluding hydrogens is 664 g/mol. The number of carbonyl (C=O) groups is 4. The lowest BCUT2D eigenvalue weighted by Crippen LogP contribution is -2.55. The molecule has 3 aromatic rings. The third-order valence-electron chi connectivity index (χ3n) is 8.67. The molecule has 0 unspecified atom stereocenters. The van der Waals surface area contributed by atoms with Gasteiger partial charge in [0.15, 0.2) is 0 Å². The van der Waals surface area contributed by atoms with Gasteiger partial charge in [0.1, 0.15) is 17.8 Å². The average Bonchev–Trinajstić information content (AvgIpc) is 3.32. The predicted octanol–water partition coefficient (Wildman–Crippen LogP) is 5.95. The van der Waals surface area contributed by atoms with E-state index in [0.29, 0.717) is 23.0 Å². The van der Waals surface area contributed by atoms with Crippen molar-refractivity contribution in [2.24, 2.45) is 11.8 Å². The van der Waals surface area contributed by atoms with Gasteiger partial charge in [-0.3, -0.25) is 19.2 Å². The van der Waals surface area contributed by atoms with Gasteiger partial charge < -0.3 is 30.4 Å². The van der Waals surface area contributed by atoms with Crippen LogP contribution in [0.2, 0.25) is 0 Å². The number of cyclic esters (lactones) is 1. The molecule has 2 aromatic carbocycles. The summed E-state index contributed by atoms with van der Waals surface area (Å²) in [4.78, 5) is 59.2. The number of aromatic nitrogens is 1. The number of carbonyl (C=O) groups excluding carboxylic acids is 4. The van der Waals surface area contributed by atoms with Crippen molar-refractivity contribution in [1.82, 2.24) is 20.5 Å². The van der Waals surface area contributed by atoms with Crippen molar-refractivity contribution in [3.8, 4) is 5.75 Å². The van der Waals surface area contributed by atoms with Gasteiger partial charge in [-0.15, -0.1) is 0 Å². The lowest BCUT2D eigenvalue weighted by molar-refractivity contribution is -0.149. The number of halogens is 1. The van der Waals surface area contributed by atoms with Crippen molar-refractivity contribution in [3.05, 3.63) is 75.9 Å². The van der Waals surface area contributed by atoms with E-state index in [0.717, 1.165) is 22.0 Å². The molecule has 0 spiro atoms. The highest BCUT2D eigenvalue weighted by Crippen LogP contribution is 2.29. The van der Waals surface area contributed by atoms with Crippen LogP contribution in [-0.2, 0) is 30.3 Å². The van der Waals surface area contributed by atoms with E-state index in [2.05, 4.69) is 37.6 Å². The molecule has 47 heavy (non-hydrogen) atoms. The number of fused-ring (bicyclic) bond motifs is 1. The Balaban J connectivity index is 0.00000625. The number of H-pyrrole nitrogens is 1. The number of allylic oxidation sites excluding steroid dienone is 2. The van der Waals surface area contributed by atoms with Gasteiger partial charge in [0.25, 0.3) is 0 Å². The zero-order chi connectivity index (χ0) is 34.4. The van der Waals surface area contributed by atoms with E-state index in [1.807, 2.05) is 52.0 Å². The molecule has 6 atom stereocenters. The van der Waals surface area contributed by atoms with Crippen molar-refractivity contribution in [2.75, 3.05) is 7.05 Å². The molecule has 10 nitrogen and oxygen atoms in total. The molecular formula is C36H47BrN4O6. The van der Waals surface area contributed by atoms with Gasteiger partial charge in [0.05, 0.1) is 23.2 Å². The van der Waals surface area contributed by atoms with Gasteiger partial charge in [0.2, 0.25) is 17.7 Å². The largest absolute Gasteiger partial charge is 0.508 e. The number of ether oxygens (including phenoxy) is 1. The summed E-state index contributed by atoms with van der Waals surface area (Å²) < 4.78 is 6.47. The van der Waals surface area contributed by atoms with Crippen LogP contribution in [-0.4, -0.2) is 63.9 Å². The number of hydrogen-bond acceptors (Lipinski definition) is 6. The maximum absolute atomic E-state index is 14.3. The van der Waals surface area contributed by atoms with Crippen LogP contribution in [0.5, 0.6) is 5.75 Å². The molecule has 1 aliphatic heterocycles. The van der Waals surface area contributed by atoms with Crippen molar-refractivity contribution >= 4 is 50.5 Å². The number of nitrogens with zero attached hydrogens (tertiary/aromatic N) is 1. The first kappa shape index (κ1) is 35.7. The average molecular weight is 712 g/mol. The molecule has 2 heterocycles. The van der Waals surface area contributed by atoms with Gasteiger partial charge in [-0.1, -0.05) is 55.8 Å². The number of rotatable bonds is 3. The maximum Gasteiger partial charge on any atom is 0.308 e. The van der Waals surface area contributed by atoms with Crippen LogP contribution in [0.1, 0.15) is 72.5 Å². The quantitative estimate of drug-likeness (QED) is 0.196. The summed E-state index contributed by atoms with van der Waals surface area (Å²) in [6.45, 7) is 9.27. The highest BCUT2D eigenvalue weighted by molar-refractivity contribution is 9.10. The van der Waals surface area contributed by atoms with Gasteiger partial charge in [-0.2, -0.15) is 0 Å². The first-order valence-electron chi connectivity index (χ1n) is 16.0. The molecule has 0 saturated carbocycles. The number of aromatic hydroxyl groups is 1. The second-order valence-corrected chi connectivity index (χ2v) is 13.6.